The van der Waals surface area contributed by atoms with Gasteiger partial charge in [-0.15, -0.1) is 0 Å². The molecule has 0 aliphatic carbocycles. The lowest BCUT2D eigenvalue weighted by Gasteiger charge is -2.31. The number of ether oxygens (including phenoxy) is 1. The Hall–Kier alpha value is -1.80. The number of hydrogen-bond donors (Lipinski definition) is 1. The molecule has 0 saturated carbocycles. The van der Waals surface area contributed by atoms with E-state index in [1.54, 1.807) is 0 Å². The minimum Gasteiger partial charge on any atom is -0.493 e. The van der Waals surface area contributed by atoms with Crippen LogP contribution < -0.4 is 10.5 Å². The molecule has 2 unspecified atom stereocenters. The normalized spacial score (nSPS) is 18.7. The second-order valence-electron chi connectivity index (χ2n) is 6.02. The molecule has 110 valence electrons. The molecule has 1 aliphatic heterocycles. The lowest BCUT2D eigenvalue weighted by Crippen LogP contribution is -2.34. The first kappa shape index (κ1) is 14.2. The number of hydrogen-bond acceptors (Lipinski definition) is 2. The van der Waals surface area contributed by atoms with Crippen LogP contribution in [0.1, 0.15) is 34.6 Å². The Bertz CT molecular complexity index is 615. The van der Waals surface area contributed by atoms with Gasteiger partial charge in [-0.05, 0) is 55.0 Å². The lowest BCUT2D eigenvalue weighted by atomic mass is 9.83. The zero-order valence-electron chi connectivity index (χ0n) is 12.8. The molecule has 2 nitrogen and oxygen atoms in total. The van der Waals surface area contributed by atoms with Gasteiger partial charge in [-0.2, -0.15) is 0 Å². The van der Waals surface area contributed by atoms with E-state index in [0.717, 1.165) is 25.2 Å². The highest BCUT2D eigenvalue weighted by Gasteiger charge is 2.27. The average Bonchev–Trinajstić information content (AvgIpc) is 2.50. The van der Waals surface area contributed by atoms with E-state index in [1.807, 2.05) is 12.1 Å². The van der Waals surface area contributed by atoms with E-state index in [2.05, 4.69) is 44.2 Å². The summed E-state index contributed by atoms with van der Waals surface area (Å²) in [5.41, 5.74) is 11.9. The van der Waals surface area contributed by atoms with Crippen LogP contribution in [-0.2, 0) is 6.42 Å². The molecule has 0 bridgehead atoms. The van der Waals surface area contributed by atoms with Gasteiger partial charge in [0.05, 0.1) is 6.61 Å². The third kappa shape index (κ3) is 2.81. The highest BCUT2D eigenvalue weighted by molar-refractivity contribution is 5.40. The van der Waals surface area contributed by atoms with Gasteiger partial charge in [0, 0.05) is 12.0 Å². The summed E-state index contributed by atoms with van der Waals surface area (Å²) in [5.74, 6) is 1.39. The van der Waals surface area contributed by atoms with E-state index < -0.39 is 0 Å². The minimum absolute atomic E-state index is 0.134. The molecule has 0 fully saturated rings. The first-order chi connectivity index (χ1) is 10.2. The van der Waals surface area contributed by atoms with E-state index in [4.69, 9.17) is 10.5 Å². The highest BCUT2D eigenvalue weighted by atomic mass is 16.5. The van der Waals surface area contributed by atoms with Gasteiger partial charge in [0.2, 0.25) is 0 Å². The Morgan fingerprint density at radius 2 is 1.81 bits per heavy atom. The summed E-state index contributed by atoms with van der Waals surface area (Å²) >= 11 is 0. The van der Waals surface area contributed by atoms with Crippen LogP contribution in [0.25, 0.3) is 0 Å². The molecule has 2 aromatic rings. The van der Waals surface area contributed by atoms with Crippen molar-refractivity contribution in [1.29, 1.82) is 0 Å². The molecule has 0 spiro atoms. The Morgan fingerprint density at radius 1 is 1.10 bits per heavy atom. The summed E-state index contributed by atoms with van der Waals surface area (Å²) in [6, 6.07) is 14.9. The van der Waals surface area contributed by atoms with Crippen molar-refractivity contribution < 1.29 is 4.74 Å². The van der Waals surface area contributed by atoms with Gasteiger partial charge in [-0.1, -0.05) is 36.4 Å². The Morgan fingerprint density at radius 3 is 2.57 bits per heavy atom. The molecule has 2 N–H and O–H groups in total. The summed E-state index contributed by atoms with van der Waals surface area (Å²) in [7, 11) is 0. The SMILES string of the molecule is Cc1cccc(C)c1CC(N)C1CCOc2ccccc21. The second-order valence-corrected chi connectivity index (χ2v) is 6.02. The molecule has 0 amide bonds. The monoisotopic (exact) mass is 281 g/mol. The predicted octanol–water partition coefficient (Wildman–Crippen LogP) is 3.74. The molecule has 1 aliphatic rings. The van der Waals surface area contributed by atoms with Gasteiger partial charge in [-0.3, -0.25) is 0 Å². The number of nitrogens with two attached hydrogens (primary N) is 1. The van der Waals surface area contributed by atoms with Crippen molar-refractivity contribution in [2.24, 2.45) is 5.73 Å². The Labute approximate surface area is 126 Å². The molecule has 0 radical (unpaired) electrons. The van der Waals surface area contributed by atoms with Crippen LogP contribution in [0.5, 0.6) is 5.75 Å². The van der Waals surface area contributed by atoms with Crippen molar-refractivity contribution in [2.45, 2.75) is 38.6 Å². The Balaban J connectivity index is 1.85. The number of benzene rings is 2. The van der Waals surface area contributed by atoms with Crippen LogP contribution in [0.3, 0.4) is 0 Å². The maximum absolute atomic E-state index is 6.58. The maximum Gasteiger partial charge on any atom is 0.122 e. The first-order valence-electron chi connectivity index (χ1n) is 7.69. The van der Waals surface area contributed by atoms with Gasteiger partial charge >= 0.3 is 0 Å². The predicted molar refractivity (Wildman–Crippen MR) is 86.9 cm³/mol. The Kier molecular flexibility index (Phi) is 3.98. The van der Waals surface area contributed by atoms with Crippen LogP contribution in [-0.4, -0.2) is 12.6 Å². The van der Waals surface area contributed by atoms with Crippen molar-refractivity contribution in [3.8, 4) is 5.75 Å². The largest absolute Gasteiger partial charge is 0.493 e. The molecule has 21 heavy (non-hydrogen) atoms. The van der Waals surface area contributed by atoms with Crippen LogP contribution in [0.15, 0.2) is 42.5 Å². The highest BCUT2D eigenvalue weighted by Crippen LogP contribution is 2.36. The molecule has 2 aromatic carbocycles. The third-order valence-electron chi connectivity index (χ3n) is 4.61. The van der Waals surface area contributed by atoms with Crippen LogP contribution >= 0.6 is 0 Å². The number of aryl methyl sites for hydroxylation is 2. The first-order valence-corrected chi connectivity index (χ1v) is 7.69. The summed E-state index contributed by atoms with van der Waals surface area (Å²) in [6.07, 6.45) is 1.93. The maximum atomic E-state index is 6.58. The summed E-state index contributed by atoms with van der Waals surface area (Å²) in [6.45, 7) is 5.11. The fraction of sp³-hybridized carbons (Fsp3) is 0.368. The average molecular weight is 281 g/mol. The topological polar surface area (TPSA) is 35.2 Å². The van der Waals surface area contributed by atoms with Crippen molar-refractivity contribution in [2.75, 3.05) is 6.61 Å². The standard InChI is InChI=1S/C19H23NO/c1-13-6-5-7-14(2)17(13)12-18(20)15-10-11-21-19-9-4-3-8-16(15)19/h3-9,15,18H,10-12,20H2,1-2H3. The van der Waals surface area contributed by atoms with E-state index >= 15 is 0 Å². The van der Waals surface area contributed by atoms with Crippen molar-refractivity contribution >= 4 is 0 Å². The molecular weight excluding hydrogens is 258 g/mol. The van der Waals surface area contributed by atoms with Gasteiger partial charge in [0.15, 0.2) is 0 Å². The number of para-hydroxylation sites is 1. The van der Waals surface area contributed by atoms with Gasteiger partial charge in [0.25, 0.3) is 0 Å². The van der Waals surface area contributed by atoms with Crippen LogP contribution in [0.4, 0.5) is 0 Å². The molecular formula is C19H23NO. The molecule has 2 atom stereocenters. The van der Waals surface area contributed by atoms with Crippen LogP contribution in [0.2, 0.25) is 0 Å². The molecule has 3 rings (SSSR count). The third-order valence-corrected chi connectivity index (χ3v) is 4.61. The summed E-state index contributed by atoms with van der Waals surface area (Å²) in [4.78, 5) is 0. The van der Waals surface area contributed by atoms with E-state index in [0.29, 0.717) is 5.92 Å². The van der Waals surface area contributed by atoms with E-state index in [-0.39, 0.29) is 6.04 Å². The number of fused-ring (bicyclic) bond motifs is 1. The minimum atomic E-state index is 0.134. The molecule has 0 saturated heterocycles. The van der Waals surface area contributed by atoms with Crippen molar-refractivity contribution in [3.05, 3.63) is 64.7 Å². The van der Waals surface area contributed by atoms with Gasteiger partial charge < -0.3 is 10.5 Å². The van der Waals surface area contributed by atoms with Crippen molar-refractivity contribution in [3.63, 3.8) is 0 Å². The lowest BCUT2D eigenvalue weighted by molar-refractivity contribution is 0.254. The second kappa shape index (κ2) is 5.90. The molecule has 1 heterocycles. The van der Waals surface area contributed by atoms with Gasteiger partial charge in [-0.25, -0.2) is 0 Å². The van der Waals surface area contributed by atoms with Crippen LogP contribution in [0, 0.1) is 13.8 Å². The van der Waals surface area contributed by atoms with E-state index in [1.165, 1.54) is 22.3 Å². The summed E-state index contributed by atoms with van der Waals surface area (Å²) in [5, 5.41) is 0. The smallest absolute Gasteiger partial charge is 0.122 e. The fourth-order valence-corrected chi connectivity index (χ4v) is 3.36. The molecule has 2 heteroatoms. The quantitative estimate of drug-likeness (QED) is 0.930. The molecule has 0 aromatic heterocycles. The zero-order chi connectivity index (χ0) is 14.8. The van der Waals surface area contributed by atoms with Gasteiger partial charge in [0.1, 0.15) is 5.75 Å². The zero-order valence-corrected chi connectivity index (χ0v) is 12.8. The fourth-order valence-electron chi connectivity index (χ4n) is 3.36. The van der Waals surface area contributed by atoms with E-state index in [9.17, 15) is 0 Å². The number of rotatable bonds is 3. The van der Waals surface area contributed by atoms with Crippen molar-refractivity contribution in [1.82, 2.24) is 0 Å². The summed E-state index contributed by atoms with van der Waals surface area (Å²) < 4.78 is 5.75.